The number of benzene rings is 1. The molecule has 142 valence electrons. The molecule has 1 aromatic rings. The largest absolute Gasteiger partial charge is 0.447 e. The van der Waals surface area contributed by atoms with Gasteiger partial charge in [-0.2, -0.15) is 0 Å². The fraction of sp³-hybridized carbons (Fsp3) is 0.600. The van der Waals surface area contributed by atoms with E-state index >= 15 is 0 Å². The van der Waals surface area contributed by atoms with E-state index in [1.807, 2.05) is 24.3 Å². The molecular formula is C20H28N2O4. The second-order valence-corrected chi connectivity index (χ2v) is 7.80. The Morgan fingerprint density at radius 3 is 1.58 bits per heavy atom. The third-order valence-electron chi connectivity index (χ3n) is 5.36. The molecule has 2 aliphatic rings. The number of amides is 2. The van der Waals surface area contributed by atoms with Crippen molar-refractivity contribution in [1.29, 1.82) is 0 Å². The molecule has 2 aliphatic heterocycles. The van der Waals surface area contributed by atoms with E-state index in [1.165, 1.54) is 0 Å². The van der Waals surface area contributed by atoms with Crippen LogP contribution in [0.1, 0.15) is 38.8 Å². The molecule has 0 N–H and O–H groups in total. The highest BCUT2D eigenvalue weighted by Crippen LogP contribution is 2.26. The zero-order valence-electron chi connectivity index (χ0n) is 16.0. The van der Waals surface area contributed by atoms with E-state index in [9.17, 15) is 9.59 Å². The minimum absolute atomic E-state index is 0.0794. The van der Waals surface area contributed by atoms with Crippen molar-refractivity contribution >= 4 is 12.2 Å². The lowest BCUT2D eigenvalue weighted by molar-refractivity contribution is 0.151. The lowest BCUT2D eigenvalue weighted by atomic mass is 10.0. The summed E-state index contributed by atoms with van der Waals surface area (Å²) in [4.78, 5) is 27.9. The molecule has 0 saturated carbocycles. The number of hydrogen-bond acceptors (Lipinski definition) is 4. The standard InChI is InChI=1S/C20H28N2O4/c1-13(2)17-11-25-19(23)21(17)9-15-7-5-6-8-16(15)10-22-18(14(3)4)12-26-20(22)24/h5-8,13-14,17-18H,9-12H2,1-4H3/t17-,18-/m0/s1. The molecule has 0 aromatic heterocycles. The van der Waals surface area contributed by atoms with Gasteiger partial charge in [0.15, 0.2) is 0 Å². The van der Waals surface area contributed by atoms with Crippen LogP contribution in [0.4, 0.5) is 9.59 Å². The van der Waals surface area contributed by atoms with E-state index in [0.29, 0.717) is 38.1 Å². The Morgan fingerprint density at radius 2 is 1.23 bits per heavy atom. The molecule has 0 aliphatic carbocycles. The minimum Gasteiger partial charge on any atom is -0.447 e. The summed E-state index contributed by atoms with van der Waals surface area (Å²) in [6.45, 7) is 10.2. The maximum absolute atomic E-state index is 12.2. The summed E-state index contributed by atoms with van der Waals surface area (Å²) in [5.41, 5.74) is 2.08. The van der Waals surface area contributed by atoms with Crippen LogP contribution in [0.5, 0.6) is 0 Å². The lowest BCUT2D eigenvalue weighted by Crippen LogP contribution is -2.38. The van der Waals surface area contributed by atoms with Crippen molar-refractivity contribution in [1.82, 2.24) is 9.80 Å². The molecule has 0 spiro atoms. The highest BCUT2D eigenvalue weighted by molar-refractivity contribution is 5.71. The predicted octanol–water partition coefficient (Wildman–Crippen LogP) is 3.64. The van der Waals surface area contributed by atoms with Crippen molar-refractivity contribution in [2.45, 2.75) is 52.9 Å². The molecule has 2 atom stereocenters. The molecule has 0 radical (unpaired) electrons. The average Bonchev–Trinajstić information content (AvgIpc) is 3.13. The van der Waals surface area contributed by atoms with Crippen LogP contribution in [0.3, 0.4) is 0 Å². The average molecular weight is 360 g/mol. The Morgan fingerprint density at radius 1 is 0.846 bits per heavy atom. The van der Waals surface area contributed by atoms with Crippen LogP contribution in [0, 0.1) is 11.8 Å². The summed E-state index contributed by atoms with van der Waals surface area (Å²) in [5, 5.41) is 0. The lowest BCUT2D eigenvalue weighted by Gasteiger charge is -2.28. The van der Waals surface area contributed by atoms with Crippen LogP contribution in [-0.4, -0.2) is 47.3 Å². The number of carbonyl (C=O) groups is 2. The number of hydrogen-bond donors (Lipinski definition) is 0. The zero-order valence-corrected chi connectivity index (χ0v) is 16.0. The van der Waals surface area contributed by atoms with Crippen LogP contribution < -0.4 is 0 Å². The first-order valence-electron chi connectivity index (χ1n) is 9.32. The Labute approximate surface area is 155 Å². The second-order valence-electron chi connectivity index (χ2n) is 7.80. The summed E-state index contributed by atoms with van der Waals surface area (Å²) < 4.78 is 10.5. The van der Waals surface area contributed by atoms with E-state index < -0.39 is 0 Å². The highest BCUT2D eigenvalue weighted by Gasteiger charge is 2.37. The number of carbonyl (C=O) groups excluding carboxylic acids is 2. The number of cyclic esters (lactones) is 2. The molecule has 2 fully saturated rings. The van der Waals surface area contributed by atoms with Gasteiger partial charge >= 0.3 is 12.2 Å². The molecule has 6 nitrogen and oxygen atoms in total. The molecule has 2 heterocycles. The van der Waals surface area contributed by atoms with Gasteiger partial charge in [0.2, 0.25) is 0 Å². The Balaban J connectivity index is 1.80. The molecule has 0 unspecified atom stereocenters. The summed E-state index contributed by atoms with van der Waals surface area (Å²) in [6.07, 6.45) is -0.529. The topological polar surface area (TPSA) is 59.1 Å². The fourth-order valence-corrected chi connectivity index (χ4v) is 3.63. The van der Waals surface area contributed by atoms with Gasteiger partial charge in [-0.05, 0) is 23.0 Å². The summed E-state index contributed by atoms with van der Waals surface area (Å²) >= 11 is 0. The van der Waals surface area contributed by atoms with Crippen LogP contribution in [-0.2, 0) is 22.6 Å². The normalized spacial score (nSPS) is 23.2. The van der Waals surface area contributed by atoms with Crippen molar-refractivity contribution in [2.24, 2.45) is 11.8 Å². The first-order chi connectivity index (χ1) is 12.4. The van der Waals surface area contributed by atoms with Gasteiger partial charge in [-0.25, -0.2) is 9.59 Å². The number of ether oxygens (including phenoxy) is 2. The van der Waals surface area contributed by atoms with Gasteiger partial charge < -0.3 is 9.47 Å². The van der Waals surface area contributed by atoms with E-state index in [1.54, 1.807) is 9.80 Å². The van der Waals surface area contributed by atoms with Crippen molar-refractivity contribution in [2.75, 3.05) is 13.2 Å². The maximum Gasteiger partial charge on any atom is 0.410 e. The number of rotatable bonds is 6. The van der Waals surface area contributed by atoms with Gasteiger partial charge in [0.1, 0.15) is 13.2 Å². The van der Waals surface area contributed by atoms with Crippen LogP contribution in [0.25, 0.3) is 0 Å². The second kappa shape index (κ2) is 7.56. The molecule has 3 rings (SSSR count). The zero-order chi connectivity index (χ0) is 18.8. The van der Waals surface area contributed by atoms with E-state index in [0.717, 1.165) is 11.1 Å². The Hall–Kier alpha value is -2.24. The molecule has 6 heteroatoms. The van der Waals surface area contributed by atoms with Gasteiger partial charge in [-0.1, -0.05) is 52.0 Å². The first-order valence-corrected chi connectivity index (χ1v) is 9.32. The third kappa shape index (κ3) is 3.64. The van der Waals surface area contributed by atoms with Crippen LogP contribution in [0.15, 0.2) is 24.3 Å². The van der Waals surface area contributed by atoms with Crippen molar-refractivity contribution in [3.63, 3.8) is 0 Å². The monoisotopic (exact) mass is 360 g/mol. The van der Waals surface area contributed by atoms with Crippen LogP contribution >= 0.6 is 0 Å². The van der Waals surface area contributed by atoms with E-state index in [-0.39, 0.29) is 24.3 Å². The van der Waals surface area contributed by atoms with Gasteiger partial charge in [0, 0.05) is 13.1 Å². The Kier molecular flexibility index (Phi) is 5.39. The van der Waals surface area contributed by atoms with Gasteiger partial charge in [0.25, 0.3) is 0 Å². The molecule has 26 heavy (non-hydrogen) atoms. The van der Waals surface area contributed by atoms with E-state index in [2.05, 4.69) is 27.7 Å². The first kappa shape index (κ1) is 18.5. The van der Waals surface area contributed by atoms with Gasteiger partial charge in [-0.15, -0.1) is 0 Å². The smallest absolute Gasteiger partial charge is 0.410 e. The number of nitrogens with zero attached hydrogens (tertiary/aromatic N) is 2. The SMILES string of the molecule is CC(C)[C@@H]1COC(=O)N1Cc1ccccc1CN1C(=O)OC[C@H]1C(C)C. The van der Waals surface area contributed by atoms with Crippen molar-refractivity contribution in [3.8, 4) is 0 Å². The quantitative estimate of drug-likeness (QED) is 0.777. The molecule has 2 amide bonds. The minimum atomic E-state index is -0.265. The summed E-state index contributed by atoms with van der Waals surface area (Å²) in [6, 6.07) is 8.12. The fourth-order valence-electron chi connectivity index (χ4n) is 3.63. The maximum atomic E-state index is 12.2. The van der Waals surface area contributed by atoms with Crippen LogP contribution in [0.2, 0.25) is 0 Å². The Bertz CT molecular complexity index is 617. The molecule has 0 bridgehead atoms. The van der Waals surface area contributed by atoms with E-state index in [4.69, 9.17) is 9.47 Å². The predicted molar refractivity (Wildman–Crippen MR) is 97.5 cm³/mol. The molecule has 2 saturated heterocycles. The van der Waals surface area contributed by atoms with Crippen molar-refractivity contribution < 1.29 is 19.1 Å². The highest BCUT2D eigenvalue weighted by atomic mass is 16.6. The van der Waals surface area contributed by atoms with Crippen molar-refractivity contribution in [3.05, 3.63) is 35.4 Å². The molecule has 1 aromatic carbocycles. The third-order valence-corrected chi connectivity index (χ3v) is 5.36. The summed E-state index contributed by atoms with van der Waals surface area (Å²) in [5.74, 6) is 0.653. The molecular weight excluding hydrogens is 332 g/mol. The summed E-state index contributed by atoms with van der Waals surface area (Å²) in [7, 11) is 0. The van der Waals surface area contributed by atoms with Gasteiger partial charge in [0.05, 0.1) is 12.1 Å². The van der Waals surface area contributed by atoms with Gasteiger partial charge in [-0.3, -0.25) is 9.80 Å².